The number of aromatic nitrogens is 2. The van der Waals surface area contributed by atoms with Crippen molar-refractivity contribution in [2.75, 3.05) is 13.1 Å². The van der Waals surface area contributed by atoms with Gasteiger partial charge in [-0.05, 0) is 36.1 Å². The predicted octanol–water partition coefficient (Wildman–Crippen LogP) is 4.92. The molecule has 1 saturated carbocycles. The van der Waals surface area contributed by atoms with Crippen molar-refractivity contribution in [3.8, 4) is 11.4 Å². The van der Waals surface area contributed by atoms with Gasteiger partial charge >= 0.3 is 5.97 Å². The molecule has 0 spiro atoms. The first-order chi connectivity index (χ1) is 16.0. The largest absolute Gasteiger partial charge is 0.481 e. The zero-order valence-electron chi connectivity index (χ0n) is 18.3. The lowest BCUT2D eigenvalue weighted by Crippen LogP contribution is -2.49. The molecule has 0 atom stereocenters. The molecule has 0 bridgehead atoms. The number of hydrogen-bond donors (Lipinski definition) is 1. The maximum Gasteiger partial charge on any atom is 0.309 e. The van der Waals surface area contributed by atoms with Crippen molar-refractivity contribution in [1.29, 1.82) is 0 Å². The normalized spacial score (nSPS) is 18.6. The molecule has 3 aromatic rings. The van der Waals surface area contributed by atoms with Gasteiger partial charge in [-0.25, -0.2) is 4.39 Å². The van der Waals surface area contributed by atoms with Crippen LogP contribution in [0.3, 0.4) is 0 Å². The quantitative estimate of drug-likeness (QED) is 0.554. The summed E-state index contributed by atoms with van der Waals surface area (Å²) < 4.78 is 18.9. The topological polar surface area (TPSA) is 79.5 Å². The number of halogens is 1. The van der Waals surface area contributed by atoms with Gasteiger partial charge in [0.25, 0.3) is 5.89 Å². The minimum Gasteiger partial charge on any atom is -0.481 e. The van der Waals surface area contributed by atoms with Crippen LogP contribution in [0.4, 0.5) is 4.39 Å². The highest BCUT2D eigenvalue weighted by Crippen LogP contribution is 2.42. The second-order valence-corrected chi connectivity index (χ2v) is 9.09. The molecule has 1 aliphatic heterocycles. The van der Waals surface area contributed by atoms with Crippen LogP contribution in [0.2, 0.25) is 0 Å². The van der Waals surface area contributed by atoms with Crippen LogP contribution in [0.15, 0.2) is 59.1 Å². The Morgan fingerprint density at radius 3 is 2.48 bits per heavy atom. The fraction of sp³-hybridized carbons (Fsp3) is 0.346. The van der Waals surface area contributed by atoms with Gasteiger partial charge in [0.1, 0.15) is 5.82 Å². The van der Waals surface area contributed by atoms with Crippen LogP contribution in [-0.2, 0) is 16.8 Å². The fourth-order valence-electron chi connectivity index (χ4n) is 4.86. The lowest BCUT2D eigenvalue weighted by Gasteiger charge is -2.36. The highest BCUT2D eigenvalue weighted by Gasteiger charge is 2.33. The maximum atomic E-state index is 13.4. The number of aliphatic carboxylic acids is 1. The van der Waals surface area contributed by atoms with Crippen LogP contribution in [-0.4, -0.2) is 39.2 Å². The number of allylic oxidation sites excluding steroid dienone is 1. The lowest BCUT2D eigenvalue weighted by atomic mass is 9.78. The number of hydrogen-bond acceptors (Lipinski definition) is 5. The predicted molar refractivity (Wildman–Crippen MR) is 122 cm³/mol. The van der Waals surface area contributed by atoms with E-state index in [1.165, 1.54) is 12.1 Å². The van der Waals surface area contributed by atoms with Gasteiger partial charge in [-0.2, -0.15) is 4.98 Å². The van der Waals surface area contributed by atoms with E-state index in [1.807, 2.05) is 42.5 Å². The third kappa shape index (κ3) is 4.59. The van der Waals surface area contributed by atoms with Crippen LogP contribution in [0.25, 0.3) is 17.5 Å². The Kier molecular flexibility index (Phi) is 5.81. The molecule has 7 heteroatoms. The Morgan fingerprint density at radius 2 is 1.82 bits per heavy atom. The van der Waals surface area contributed by atoms with Gasteiger partial charge in [-0.3, -0.25) is 9.69 Å². The second-order valence-electron chi connectivity index (χ2n) is 9.09. The van der Waals surface area contributed by atoms with Crippen LogP contribution in [0, 0.1) is 11.7 Å². The third-order valence-electron chi connectivity index (χ3n) is 6.83. The summed E-state index contributed by atoms with van der Waals surface area (Å²) in [5, 5.41) is 13.1. The van der Waals surface area contributed by atoms with Gasteiger partial charge in [-0.1, -0.05) is 60.5 Å². The van der Waals surface area contributed by atoms with Crippen molar-refractivity contribution in [1.82, 2.24) is 15.0 Å². The summed E-state index contributed by atoms with van der Waals surface area (Å²) in [7, 11) is 0. The van der Waals surface area contributed by atoms with E-state index < -0.39 is 5.97 Å². The van der Waals surface area contributed by atoms with Gasteiger partial charge in [-0.15, -0.1) is 0 Å². The van der Waals surface area contributed by atoms with E-state index in [4.69, 9.17) is 9.63 Å². The first kappa shape index (κ1) is 21.5. The summed E-state index contributed by atoms with van der Waals surface area (Å²) in [6.45, 7) is 1.92. The molecule has 2 fully saturated rings. The Labute approximate surface area is 191 Å². The average molecular weight is 448 g/mol. The standard InChI is InChI=1S/C26H26FN3O3/c27-22-9-7-21(8-10-22)26(12-1-2-13-26)14-11-23-28-24(29-33-23)19-5-3-18(4-6-19)15-30-16-20(17-30)25(31)32/h3-11,14,20H,1-2,12-13,15-17H2,(H,31,32). The molecule has 2 aliphatic rings. The van der Waals surface area contributed by atoms with Crippen LogP contribution in [0.1, 0.15) is 42.7 Å². The van der Waals surface area contributed by atoms with E-state index in [0.717, 1.165) is 48.9 Å². The first-order valence-corrected chi connectivity index (χ1v) is 11.3. The fourth-order valence-corrected chi connectivity index (χ4v) is 4.86. The van der Waals surface area contributed by atoms with Crippen molar-refractivity contribution in [2.24, 2.45) is 5.92 Å². The molecule has 5 rings (SSSR count). The number of nitrogens with zero attached hydrogens (tertiary/aromatic N) is 3. The summed E-state index contributed by atoms with van der Waals surface area (Å²) >= 11 is 0. The smallest absolute Gasteiger partial charge is 0.309 e. The Bertz CT molecular complexity index is 1140. The minimum atomic E-state index is -0.722. The Balaban J connectivity index is 1.26. The average Bonchev–Trinajstić information content (AvgIpc) is 3.46. The van der Waals surface area contributed by atoms with E-state index >= 15 is 0 Å². The van der Waals surface area contributed by atoms with E-state index in [1.54, 1.807) is 0 Å². The molecule has 2 aromatic carbocycles. The van der Waals surface area contributed by atoms with Crippen molar-refractivity contribution in [3.05, 3.63) is 77.4 Å². The molecular weight excluding hydrogens is 421 g/mol. The van der Waals surface area contributed by atoms with Crippen molar-refractivity contribution in [2.45, 2.75) is 37.6 Å². The van der Waals surface area contributed by atoms with E-state index in [9.17, 15) is 9.18 Å². The number of carbonyl (C=O) groups is 1. The summed E-state index contributed by atoms with van der Waals surface area (Å²) in [5.41, 5.74) is 2.97. The summed E-state index contributed by atoms with van der Waals surface area (Å²) in [6.07, 6.45) is 8.31. The van der Waals surface area contributed by atoms with E-state index in [2.05, 4.69) is 21.1 Å². The van der Waals surface area contributed by atoms with Crippen molar-refractivity contribution < 1.29 is 18.8 Å². The highest BCUT2D eigenvalue weighted by molar-refractivity contribution is 5.71. The zero-order valence-corrected chi connectivity index (χ0v) is 18.3. The third-order valence-corrected chi connectivity index (χ3v) is 6.83. The minimum absolute atomic E-state index is 0.125. The zero-order chi connectivity index (χ0) is 22.8. The lowest BCUT2D eigenvalue weighted by molar-refractivity contribution is -0.147. The summed E-state index contributed by atoms with van der Waals surface area (Å²) in [6, 6.07) is 14.7. The Morgan fingerprint density at radius 1 is 1.12 bits per heavy atom. The molecule has 0 unspecified atom stereocenters. The molecule has 170 valence electrons. The Hall–Kier alpha value is -3.32. The van der Waals surface area contributed by atoms with Crippen molar-refractivity contribution in [3.63, 3.8) is 0 Å². The summed E-state index contributed by atoms with van der Waals surface area (Å²) in [5.74, 6) is -0.222. The summed E-state index contributed by atoms with van der Waals surface area (Å²) in [4.78, 5) is 17.6. The van der Waals surface area contributed by atoms with Gasteiger partial charge < -0.3 is 9.63 Å². The molecule has 0 radical (unpaired) electrons. The molecule has 1 saturated heterocycles. The molecule has 6 nitrogen and oxygen atoms in total. The molecule has 33 heavy (non-hydrogen) atoms. The molecule has 0 amide bonds. The highest BCUT2D eigenvalue weighted by atomic mass is 19.1. The number of likely N-dealkylation sites (tertiary alicyclic amines) is 1. The second kappa shape index (κ2) is 8.90. The van der Waals surface area contributed by atoms with E-state index in [0.29, 0.717) is 24.8 Å². The molecule has 1 aliphatic carbocycles. The molecule has 2 heterocycles. The molecule has 1 N–H and O–H groups in total. The number of carboxylic acid groups (broad SMARTS) is 1. The van der Waals surface area contributed by atoms with Crippen molar-refractivity contribution >= 4 is 12.0 Å². The number of benzene rings is 2. The maximum absolute atomic E-state index is 13.4. The van der Waals surface area contributed by atoms with E-state index in [-0.39, 0.29) is 17.2 Å². The van der Waals surface area contributed by atoms with Crippen LogP contribution >= 0.6 is 0 Å². The number of carboxylic acids is 1. The van der Waals surface area contributed by atoms with Crippen LogP contribution < -0.4 is 0 Å². The number of rotatable bonds is 7. The van der Waals surface area contributed by atoms with Gasteiger partial charge in [0.05, 0.1) is 5.92 Å². The SMILES string of the molecule is O=C(O)C1CN(Cc2ccc(-c3noc(C=CC4(c5ccc(F)cc5)CCCC4)n3)cc2)C1. The monoisotopic (exact) mass is 447 g/mol. The van der Waals surface area contributed by atoms with Gasteiger partial charge in [0, 0.05) is 36.7 Å². The first-order valence-electron chi connectivity index (χ1n) is 11.3. The molecule has 1 aromatic heterocycles. The van der Waals surface area contributed by atoms with Gasteiger partial charge in [0.2, 0.25) is 5.82 Å². The van der Waals surface area contributed by atoms with Crippen LogP contribution in [0.5, 0.6) is 0 Å². The molecular formula is C26H26FN3O3. The van der Waals surface area contributed by atoms with Gasteiger partial charge in [0.15, 0.2) is 0 Å².